The van der Waals surface area contributed by atoms with Crippen LogP contribution in [0.25, 0.3) is 0 Å². The van der Waals surface area contributed by atoms with E-state index in [1.54, 1.807) is 7.11 Å². The zero-order valence-corrected chi connectivity index (χ0v) is 16.1. The highest BCUT2D eigenvalue weighted by atomic mass is 16.5. The molecule has 0 unspecified atom stereocenters. The number of benzene rings is 1. The van der Waals surface area contributed by atoms with E-state index in [-0.39, 0.29) is 12.0 Å². The van der Waals surface area contributed by atoms with Crippen molar-refractivity contribution < 1.29 is 14.6 Å². The summed E-state index contributed by atoms with van der Waals surface area (Å²) in [7, 11) is 5.78. The minimum atomic E-state index is -0.528. The Morgan fingerprint density at radius 3 is 2.54 bits per heavy atom. The number of aliphatic hydroxyl groups is 1. The number of ether oxygens (including phenoxy) is 2. The fraction of sp³-hybridized carbons (Fsp3) is 0.684. The lowest BCUT2D eigenvalue weighted by atomic mass is 9.86. The van der Waals surface area contributed by atoms with Crippen molar-refractivity contribution in [3.8, 4) is 11.5 Å². The molecule has 0 aliphatic rings. The van der Waals surface area contributed by atoms with Crippen LogP contribution in [0.4, 0.5) is 0 Å². The van der Waals surface area contributed by atoms with E-state index in [4.69, 9.17) is 9.47 Å². The predicted molar refractivity (Wildman–Crippen MR) is 99.2 cm³/mol. The third-order valence-electron chi connectivity index (χ3n) is 3.76. The van der Waals surface area contributed by atoms with Crippen molar-refractivity contribution in [3.63, 3.8) is 0 Å². The molecule has 0 fully saturated rings. The van der Waals surface area contributed by atoms with Crippen LogP contribution in [-0.2, 0) is 5.41 Å². The SMILES string of the molecule is COc1ccc(OC[C@@H](O)CNCCCN(C)C)c(C(C)(C)C)c1. The third kappa shape index (κ3) is 7.51. The Bertz CT molecular complexity index is 484. The van der Waals surface area contributed by atoms with Gasteiger partial charge in [0, 0.05) is 12.1 Å². The van der Waals surface area contributed by atoms with Gasteiger partial charge in [0.2, 0.25) is 0 Å². The first-order chi connectivity index (χ1) is 11.2. The van der Waals surface area contributed by atoms with Crippen LogP contribution in [-0.4, -0.2) is 63.6 Å². The number of hydrogen-bond acceptors (Lipinski definition) is 5. The van der Waals surface area contributed by atoms with Crippen LogP contribution in [0, 0.1) is 0 Å². The van der Waals surface area contributed by atoms with Crippen molar-refractivity contribution in [1.82, 2.24) is 10.2 Å². The molecule has 0 aromatic heterocycles. The smallest absolute Gasteiger partial charge is 0.123 e. The van der Waals surface area contributed by atoms with Crippen LogP contribution in [0.5, 0.6) is 11.5 Å². The van der Waals surface area contributed by atoms with Crippen molar-refractivity contribution in [2.45, 2.75) is 38.7 Å². The molecule has 5 nitrogen and oxygen atoms in total. The summed E-state index contributed by atoms with van der Waals surface area (Å²) in [6.45, 7) is 9.15. The Balaban J connectivity index is 2.49. The number of rotatable bonds is 10. The van der Waals surface area contributed by atoms with E-state index in [2.05, 4.69) is 45.1 Å². The van der Waals surface area contributed by atoms with Crippen molar-refractivity contribution >= 4 is 0 Å². The van der Waals surface area contributed by atoms with Gasteiger partial charge >= 0.3 is 0 Å². The van der Waals surface area contributed by atoms with Gasteiger partial charge in [-0.3, -0.25) is 0 Å². The van der Waals surface area contributed by atoms with Gasteiger partial charge in [0.1, 0.15) is 24.2 Å². The van der Waals surface area contributed by atoms with Gasteiger partial charge in [0.25, 0.3) is 0 Å². The maximum absolute atomic E-state index is 10.1. The Morgan fingerprint density at radius 1 is 1.25 bits per heavy atom. The van der Waals surface area contributed by atoms with E-state index < -0.39 is 6.10 Å². The molecule has 0 aliphatic carbocycles. The standard InChI is InChI=1S/C19H34N2O3/c1-19(2,3)17-12-16(23-6)8-9-18(17)24-14-15(22)13-20-10-7-11-21(4)5/h8-9,12,15,20,22H,7,10-11,13-14H2,1-6H3/t15-/m0/s1. The lowest BCUT2D eigenvalue weighted by molar-refractivity contribution is 0.105. The fourth-order valence-electron chi connectivity index (χ4n) is 2.38. The summed E-state index contributed by atoms with van der Waals surface area (Å²) in [6, 6.07) is 5.80. The summed E-state index contributed by atoms with van der Waals surface area (Å²) >= 11 is 0. The molecular weight excluding hydrogens is 304 g/mol. The molecule has 5 heteroatoms. The zero-order valence-electron chi connectivity index (χ0n) is 16.1. The maximum Gasteiger partial charge on any atom is 0.123 e. The van der Waals surface area contributed by atoms with E-state index in [1.165, 1.54) is 0 Å². The number of hydrogen-bond donors (Lipinski definition) is 2. The van der Waals surface area contributed by atoms with Crippen molar-refractivity contribution in [2.24, 2.45) is 0 Å². The Hall–Kier alpha value is -1.30. The minimum absolute atomic E-state index is 0.0563. The molecule has 1 aromatic rings. The summed E-state index contributed by atoms with van der Waals surface area (Å²) in [5, 5.41) is 13.4. The fourth-order valence-corrected chi connectivity index (χ4v) is 2.38. The Labute approximate surface area is 147 Å². The number of nitrogens with zero attached hydrogens (tertiary/aromatic N) is 1. The molecule has 0 spiro atoms. The van der Waals surface area contributed by atoms with E-state index >= 15 is 0 Å². The molecule has 1 rings (SSSR count). The van der Waals surface area contributed by atoms with Gasteiger partial charge in [-0.15, -0.1) is 0 Å². The predicted octanol–water partition coefficient (Wildman–Crippen LogP) is 2.27. The minimum Gasteiger partial charge on any atom is -0.497 e. The maximum atomic E-state index is 10.1. The van der Waals surface area contributed by atoms with Crippen molar-refractivity contribution in [1.29, 1.82) is 0 Å². The Morgan fingerprint density at radius 2 is 1.96 bits per heavy atom. The van der Waals surface area contributed by atoms with Gasteiger partial charge in [-0.25, -0.2) is 0 Å². The van der Waals surface area contributed by atoms with Crippen molar-refractivity contribution in [3.05, 3.63) is 23.8 Å². The second-order valence-electron chi connectivity index (χ2n) is 7.44. The molecule has 2 N–H and O–H groups in total. The summed E-state index contributed by atoms with van der Waals surface area (Å²) in [6.07, 6.45) is 0.534. The summed E-state index contributed by atoms with van der Waals surface area (Å²) in [5.74, 6) is 1.62. The molecular formula is C19H34N2O3. The molecule has 0 heterocycles. The third-order valence-corrected chi connectivity index (χ3v) is 3.76. The molecule has 138 valence electrons. The molecule has 0 bridgehead atoms. The van der Waals surface area contributed by atoms with E-state index in [0.717, 1.165) is 36.6 Å². The van der Waals surface area contributed by atoms with Crippen LogP contribution >= 0.6 is 0 Å². The second kappa shape index (κ2) is 9.87. The normalized spacial score (nSPS) is 13.2. The van der Waals surface area contributed by atoms with E-state index in [9.17, 15) is 5.11 Å². The van der Waals surface area contributed by atoms with Crippen LogP contribution in [0.15, 0.2) is 18.2 Å². The highest BCUT2D eigenvalue weighted by Gasteiger charge is 2.20. The van der Waals surface area contributed by atoms with Gasteiger partial charge in [-0.05, 0) is 57.2 Å². The number of nitrogens with one attached hydrogen (secondary N) is 1. The summed E-state index contributed by atoms with van der Waals surface area (Å²) < 4.78 is 11.2. The number of methoxy groups -OCH3 is 1. The largest absolute Gasteiger partial charge is 0.497 e. The van der Waals surface area contributed by atoms with Crippen LogP contribution in [0.1, 0.15) is 32.8 Å². The summed E-state index contributed by atoms with van der Waals surface area (Å²) in [4.78, 5) is 2.15. The first-order valence-corrected chi connectivity index (χ1v) is 8.59. The molecule has 24 heavy (non-hydrogen) atoms. The van der Waals surface area contributed by atoms with Crippen LogP contribution in [0.2, 0.25) is 0 Å². The topological polar surface area (TPSA) is 54.0 Å². The van der Waals surface area contributed by atoms with E-state index in [1.807, 2.05) is 18.2 Å². The van der Waals surface area contributed by atoms with Crippen molar-refractivity contribution in [2.75, 3.05) is 47.4 Å². The summed E-state index contributed by atoms with van der Waals surface area (Å²) in [5.41, 5.74) is 1.02. The highest BCUT2D eigenvalue weighted by molar-refractivity contribution is 5.44. The van der Waals surface area contributed by atoms with Gasteiger partial charge in [0.05, 0.1) is 7.11 Å². The molecule has 0 aliphatic heterocycles. The van der Waals surface area contributed by atoms with Gasteiger partial charge in [-0.2, -0.15) is 0 Å². The van der Waals surface area contributed by atoms with Gasteiger partial charge < -0.3 is 24.8 Å². The molecule has 1 aromatic carbocycles. The molecule has 1 atom stereocenters. The Kier molecular flexibility index (Phi) is 8.53. The quantitative estimate of drug-likeness (QED) is 0.641. The second-order valence-corrected chi connectivity index (χ2v) is 7.44. The first kappa shape index (κ1) is 20.7. The van der Waals surface area contributed by atoms with E-state index in [0.29, 0.717) is 6.54 Å². The lowest BCUT2D eigenvalue weighted by Gasteiger charge is -2.24. The molecule has 0 saturated heterocycles. The average Bonchev–Trinajstić information content (AvgIpc) is 2.51. The monoisotopic (exact) mass is 338 g/mol. The average molecular weight is 338 g/mol. The zero-order chi connectivity index (χ0) is 18.2. The molecule has 0 radical (unpaired) electrons. The van der Waals surface area contributed by atoms with Crippen LogP contribution < -0.4 is 14.8 Å². The van der Waals surface area contributed by atoms with Gasteiger partial charge in [0.15, 0.2) is 0 Å². The number of aliphatic hydroxyl groups excluding tert-OH is 1. The van der Waals surface area contributed by atoms with Crippen LogP contribution in [0.3, 0.4) is 0 Å². The lowest BCUT2D eigenvalue weighted by Crippen LogP contribution is -2.33. The first-order valence-electron chi connectivity index (χ1n) is 8.59. The van der Waals surface area contributed by atoms with Gasteiger partial charge in [-0.1, -0.05) is 20.8 Å². The molecule has 0 saturated carbocycles. The molecule has 0 amide bonds. The highest BCUT2D eigenvalue weighted by Crippen LogP contribution is 2.34.